The van der Waals surface area contributed by atoms with Crippen molar-refractivity contribution in [2.45, 2.75) is 32.6 Å². The molecule has 3 aromatic rings. The summed E-state index contributed by atoms with van der Waals surface area (Å²) in [5, 5.41) is 6.05. The van der Waals surface area contributed by atoms with Crippen molar-refractivity contribution in [2.24, 2.45) is 5.92 Å². The Morgan fingerprint density at radius 1 is 1.00 bits per heavy atom. The second-order valence-electron chi connectivity index (χ2n) is 9.53. The van der Waals surface area contributed by atoms with Gasteiger partial charge < -0.3 is 9.80 Å². The van der Waals surface area contributed by atoms with E-state index in [1.165, 1.54) is 43.6 Å². The third-order valence-electron chi connectivity index (χ3n) is 6.95. The summed E-state index contributed by atoms with van der Waals surface area (Å²) >= 11 is 1.71. The molecule has 7 heteroatoms. The van der Waals surface area contributed by atoms with E-state index in [0.29, 0.717) is 5.92 Å². The molecule has 0 N–H and O–H groups in total. The van der Waals surface area contributed by atoms with Crippen LogP contribution in [0.25, 0.3) is 16.2 Å². The Hall–Kier alpha value is -1.96. The van der Waals surface area contributed by atoms with Gasteiger partial charge in [-0.15, -0.1) is 5.10 Å². The summed E-state index contributed by atoms with van der Waals surface area (Å²) in [7, 11) is 2.24. The van der Waals surface area contributed by atoms with Crippen LogP contribution in [-0.4, -0.2) is 77.3 Å². The zero-order chi connectivity index (χ0) is 21.4. The molecule has 6 nitrogen and oxygen atoms in total. The summed E-state index contributed by atoms with van der Waals surface area (Å²) in [4.78, 5) is 13.2. The maximum atomic E-state index is 4.95. The van der Waals surface area contributed by atoms with Crippen LogP contribution in [0.3, 0.4) is 0 Å². The maximum Gasteiger partial charge on any atom is 0.214 e. The van der Waals surface area contributed by atoms with Crippen LogP contribution in [0.2, 0.25) is 0 Å². The highest BCUT2D eigenvalue weighted by molar-refractivity contribution is 7.20. The largest absolute Gasteiger partial charge is 0.344 e. The molecule has 31 heavy (non-hydrogen) atoms. The van der Waals surface area contributed by atoms with Crippen molar-refractivity contribution >= 4 is 21.4 Å². The monoisotopic (exact) mass is 438 g/mol. The van der Waals surface area contributed by atoms with Crippen LogP contribution in [0.5, 0.6) is 0 Å². The Morgan fingerprint density at radius 3 is 2.39 bits per heavy atom. The fourth-order valence-electron chi connectivity index (χ4n) is 4.78. The van der Waals surface area contributed by atoms with E-state index >= 15 is 0 Å². The van der Waals surface area contributed by atoms with Crippen LogP contribution in [-0.2, 0) is 0 Å². The van der Waals surface area contributed by atoms with Gasteiger partial charge in [0.2, 0.25) is 10.1 Å². The molecule has 2 aromatic heterocycles. The summed E-state index contributed by atoms with van der Waals surface area (Å²) in [5.74, 6) is 1.42. The summed E-state index contributed by atoms with van der Waals surface area (Å²) in [5.41, 5.74) is 3.62. The summed E-state index contributed by atoms with van der Waals surface area (Å²) < 4.78 is 2.02. The highest BCUT2D eigenvalue weighted by Gasteiger charge is 2.24. The Labute approximate surface area is 189 Å². The van der Waals surface area contributed by atoms with Gasteiger partial charge in [-0.3, -0.25) is 4.90 Å². The van der Waals surface area contributed by atoms with Gasteiger partial charge in [-0.1, -0.05) is 49.4 Å². The van der Waals surface area contributed by atoms with Crippen LogP contribution in [0.15, 0.2) is 30.5 Å². The Morgan fingerprint density at radius 2 is 1.71 bits per heavy atom. The maximum absolute atomic E-state index is 4.95. The molecule has 0 unspecified atom stereocenters. The van der Waals surface area contributed by atoms with Gasteiger partial charge >= 0.3 is 0 Å². The molecule has 2 aliphatic heterocycles. The highest BCUT2D eigenvalue weighted by Crippen LogP contribution is 2.29. The number of hydrogen-bond acceptors (Lipinski definition) is 6. The molecule has 0 bridgehead atoms. The van der Waals surface area contributed by atoms with E-state index in [1.807, 2.05) is 10.7 Å². The number of anilines is 1. The standard InChI is InChI=1S/C24H34N6S/c1-18(2)20-4-6-21(7-5-20)22-16-25-23-30(22)26-24(31-23)29-14-12-28(13-15-29)17-19-8-10-27(3)11-9-19/h4-7,16,18-19H,8-15,17H2,1-3H3. The zero-order valence-corrected chi connectivity index (χ0v) is 19.8. The van der Waals surface area contributed by atoms with Gasteiger partial charge in [0.25, 0.3) is 0 Å². The van der Waals surface area contributed by atoms with Crippen LogP contribution < -0.4 is 4.90 Å². The third-order valence-corrected chi connectivity index (χ3v) is 7.93. The van der Waals surface area contributed by atoms with Gasteiger partial charge in [0.05, 0.1) is 11.9 Å². The van der Waals surface area contributed by atoms with Crippen molar-refractivity contribution < 1.29 is 0 Å². The fourth-order valence-corrected chi connectivity index (χ4v) is 5.71. The number of piperazine rings is 1. The molecule has 0 saturated carbocycles. The lowest BCUT2D eigenvalue weighted by Gasteiger charge is -2.38. The normalized spacial score (nSPS) is 19.7. The average Bonchev–Trinajstić information content (AvgIpc) is 3.37. The number of fused-ring (bicyclic) bond motifs is 1. The number of nitrogens with zero attached hydrogens (tertiary/aromatic N) is 6. The molecular weight excluding hydrogens is 404 g/mol. The number of likely N-dealkylation sites (tertiary alicyclic amines) is 1. The van der Waals surface area contributed by atoms with Gasteiger partial charge in [-0.2, -0.15) is 0 Å². The van der Waals surface area contributed by atoms with E-state index < -0.39 is 0 Å². The van der Waals surface area contributed by atoms with Gasteiger partial charge in [-0.25, -0.2) is 9.50 Å². The van der Waals surface area contributed by atoms with Crippen LogP contribution in [0.4, 0.5) is 5.13 Å². The number of rotatable bonds is 5. The number of benzene rings is 1. The Kier molecular flexibility index (Phi) is 5.99. The molecule has 0 amide bonds. The molecular formula is C24H34N6S. The van der Waals surface area contributed by atoms with E-state index in [1.54, 1.807) is 11.3 Å². The first-order chi connectivity index (χ1) is 15.1. The molecule has 0 radical (unpaired) electrons. The minimum absolute atomic E-state index is 0.545. The second kappa shape index (κ2) is 8.88. The van der Waals surface area contributed by atoms with Crippen molar-refractivity contribution in [3.63, 3.8) is 0 Å². The highest BCUT2D eigenvalue weighted by atomic mass is 32.1. The quantitative estimate of drug-likeness (QED) is 0.601. The number of piperidine rings is 1. The molecule has 0 atom stereocenters. The molecule has 0 spiro atoms. The first kappa shape index (κ1) is 20.9. The van der Waals surface area contributed by atoms with Crippen LogP contribution >= 0.6 is 11.3 Å². The van der Waals surface area contributed by atoms with E-state index in [-0.39, 0.29) is 0 Å². The summed E-state index contributed by atoms with van der Waals surface area (Å²) in [6, 6.07) is 8.83. The molecule has 0 aliphatic carbocycles. The molecule has 1 aromatic carbocycles. The molecule has 4 heterocycles. The van der Waals surface area contributed by atoms with Crippen molar-refractivity contribution in [1.82, 2.24) is 24.4 Å². The lowest BCUT2D eigenvalue weighted by atomic mass is 9.96. The topological polar surface area (TPSA) is 39.9 Å². The van der Waals surface area contributed by atoms with Crippen LogP contribution in [0, 0.1) is 5.92 Å². The summed E-state index contributed by atoms with van der Waals surface area (Å²) in [6.45, 7) is 12.6. The average molecular weight is 439 g/mol. The van der Waals surface area contributed by atoms with Crippen molar-refractivity contribution in [3.05, 3.63) is 36.0 Å². The molecule has 2 fully saturated rings. The van der Waals surface area contributed by atoms with E-state index in [4.69, 9.17) is 5.10 Å². The summed E-state index contributed by atoms with van der Waals surface area (Å²) in [6.07, 6.45) is 4.65. The SMILES string of the molecule is CC(C)c1ccc(-c2cnc3sc(N4CCN(CC5CCN(C)CC5)CC4)nn23)cc1. The minimum atomic E-state index is 0.545. The van der Waals surface area contributed by atoms with Gasteiger partial charge in [0.1, 0.15) is 0 Å². The van der Waals surface area contributed by atoms with E-state index in [2.05, 4.69) is 64.8 Å². The zero-order valence-electron chi connectivity index (χ0n) is 19.0. The number of imidazole rings is 1. The molecule has 2 aliphatic rings. The van der Waals surface area contributed by atoms with E-state index in [0.717, 1.165) is 47.9 Å². The predicted octanol–water partition coefficient (Wildman–Crippen LogP) is 4.05. The molecule has 5 rings (SSSR count). The third kappa shape index (κ3) is 4.49. The van der Waals surface area contributed by atoms with Crippen molar-refractivity contribution in [2.75, 3.05) is 57.8 Å². The lowest BCUT2D eigenvalue weighted by molar-refractivity contribution is 0.155. The number of aromatic nitrogens is 3. The smallest absolute Gasteiger partial charge is 0.214 e. The second-order valence-corrected chi connectivity index (χ2v) is 10.5. The first-order valence-electron chi connectivity index (χ1n) is 11.7. The predicted molar refractivity (Wildman–Crippen MR) is 129 cm³/mol. The van der Waals surface area contributed by atoms with Gasteiger partial charge in [-0.05, 0) is 50.4 Å². The lowest BCUT2D eigenvalue weighted by Crippen LogP contribution is -2.48. The Balaban J connectivity index is 1.23. The van der Waals surface area contributed by atoms with E-state index in [9.17, 15) is 0 Å². The number of hydrogen-bond donors (Lipinski definition) is 0. The Bertz CT molecular complexity index is 991. The fraction of sp³-hybridized carbons (Fsp3) is 0.583. The minimum Gasteiger partial charge on any atom is -0.344 e. The van der Waals surface area contributed by atoms with Crippen molar-refractivity contribution in [1.29, 1.82) is 0 Å². The molecule has 2 saturated heterocycles. The first-order valence-corrected chi connectivity index (χ1v) is 12.5. The van der Waals surface area contributed by atoms with Gasteiger partial charge in [0, 0.05) is 38.3 Å². The van der Waals surface area contributed by atoms with Crippen molar-refractivity contribution in [3.8, 4) is 11.3 Å². The molecule has 166 valence electrons. The van der Waals surface area contributed by atoms with Gasteiger partial charge in [0.15, 0.2) is 0 Å². The van der Waals surface area contributed by atoms with Crippen LogP contribution in [0.1, 0.15) is 38.2 Å².